The van der Waals surface area contributed by atoms with Gasteiger partial charge in [0.1, 0.15) is 22.3 Å². The fourth-order valence-corrected chi connectivity index (χ4v) is 18.8. The van der Waals surface area contributed by atoms with E-state index in [-0.39, 0.29) is 26.9 Å². The molecule has 546 valence electrons. The van der Waals surface area contributed by atoms with Crippen LogP contribution in [0.4, 0.5) is 51.2 Å². The minimum atomic E-state index is -0.192. The Labute approximate surface area is 677 Å². The van der Waals surface area contributed by atoms with Crippen LogP contribution in [0.25, 0.3) is 71.4 Å². The number of ether oxygens (including phenoxy) is 1. The standard InChI is InChI=1S/C52H32B2N2O3.C52H36B2N2O2/c1-5-17-41-37(13-1)38-14-2-6-18-42(38)55(41)35-29-25-33(26-30-35)53-49-39-15-3-9-21-45(39)59-52(49)54(50-40-16-4-10-22-46(40)58-51(50)53)34-27-31-36(32-28-34)56-43-19-7-11-23-47(43)57-48-24-12-8-20-44(48)56;1-5-17-39(18-6-1)55(40-19-7-2-8-20-40)43-33-29-37(30-34-43)53-49-45-25-13-15-27-47(45)58-52(49)54(50-46-26-14-16-28-48(46)57-51(50)53)38-31-35-44(36-32-38)56(41-21-9-3-10-22-41)42-23-11-4-12-24-42/h1-32H;1-36H. The molecule has 0 atom stereocenters. The third kappa shape index (κ3) is 11.2. The first-order valence-electron chi connectivity index (χ1n) is 40.0. The number of anilines is 9. The van der Waals surface area contributed by atoms with Crippen molar-refractivity contribution in [2.24, 2.45) is 0 Å². The molecule has 9 nitrogen and oxygen atoms in total. The summed E-state index contributed by atoms with van der Waals surface area (Å²) in [5, 5.41) is 6.92. The van der Waals surface area contributed by atoms with Gasteiger partial charge in [0.05, 0.1) is 45.0 Å². The smallest absolute Gasteiger partial charge is 0.290 e. The number of furan rings is 4. The molecule has 8 heterocycles. The minimum absolute atomic E-state index is 0.180. The van der Waals surface area contributed by atoms with Gasteiger partial charge in [0.25, 0.3) is 26.9 Å². The topological polar surface area (TPSA) is 76.4 Å². The summed E-state index contributed by atoms with van der Waals surface area (Å²) in [6.07, 6.45) is 0. The molecule has 21 aromatic rings. The summed E-state index contributed by atoms with van der Waals surface area (Å²) in [7, 11) is 0. The molecule has 0 unspecified atom stereocenters. The number of rotatable bonds is 12. The Bertz CT molecular complexity index is 6940. The number of benzene rings is 16. The summed E-state index contributed by atoms with van der Waals surface area (Å²) in [5.41, 5.74) is 29.7. The fourth-order valence-electron chi connectivity index (χ4n) is 18.8. The molecule has 0 spiro atoms. The van der Waals surface area contributed by atoms with Gasteiger partial charge in [-0.15, -0.1) is 0 Å². The molecule has 24 rings (SSSR count). The molecule has 0 radical (unpaired) electrons. The van der Waals surface area contributed by atoms with Crippen LogP contribution >= 0.6 is 0 Å². The molecule has 0 saturated carbocycles. The maximum Gasteiger partial charge on any atom is 0.290 e. The van der Waals surface area contributed by atoms with Gasteiger partial charge in [-0.05, 0) is 180 Å². The van der Waals surface area contributed by atoms with Crippen molar-refractivity contribution < 1.29 is 22.4 Å². The summed E-state index contributed by atoms with van der Waals surface area (Å²) in [6.45, 7) is -0.735. The minimum Gasteiger partial charge on any atom is -0.471 e. The number of hydrogen-bond donors (Lipinski definition) is 0. The summed E-state index contributed by atoms with van der Waals surface area (Å²) in [4.78, 5) is 6.88. The van der Waals surface area contributed by atoms with Crippen LogP contribution in [0.3, 0.4) is 0 Å². The SMILES string of the molecule is c1ccc(N(c2ccccc2)c2ccc(B3c4oc5ccccc5c4B(c4ccc(N(c5ccccc5)c5ccccc5)cc4)c4oc5ccccc5c43)cc2)cc1.c1ccc2c(c1)Oc1ccccc1N2c1ccc(B2c3oc4ccccc4c3B(c3ccc(-n4c5ccccc5c5ccccc54)cc3)c3oc4ccccc4c32)cc1. The van der Waals surface area contributed by atoms with Crippen molar-refractivity contribution in [3.05, 3.63) is 413 Å². The number of para-hydroxylation sites is 14. The van der Waals surface area contributed by atoms with Crippen LogP contribution in [-0.2, 0) is 0 Å². The van der Waals surface area contributed by atoms with Crippen LogP contribution in [0.2, 0.25) is 0 Å². The van der Waals surface area contributed by atoms with Gasteiger partial charge in [0, 0.05) is 77.8 Å². The highest BCUT2D eigenvalue weighted by atomic mass is 16.5. The lowest BCUT2D eigenvalue weighted by molar-refractivity contribution is 0.477. The van der Waals surface area contributed by atoms with Gasteiger partial charge in [0.15, 0.2) is 11.5 Å². The Kier molecular flexibility index (Phi) is 16.1. The summed E-state index contributed by atoms with van der Waals surface area (Å²) in [5.74, 6) is 1.66. The molecule has 3 aliphatic heterocycles. The maximum absolute atomic E-state index is 7.03. The molecular formula is C104H68B4N4O5. The van der Waals surface area contributed by atoms with Crippen LogP contribution in [0.1, 0.15) is 0 Å². The predicted octanol–water partition coefficient (Wildman–Crippen LogP) is 18.7. The van der Waals surface area contributed by atoms with Crippen molar-refractivity contribution in [2.75, 3.05) is 14.7 Å². The van der Waals surface area contributed by atoms with Crippen LogP contribution in [-0.4, -0.2) is 31.4 Å². The highest BCUT2D eigenvalue weighted by molar-refractivity contribution is 7.13. The first kappa shape index (κ1) is 67.6. The number of hydrogen-bond acceptors (Lipinski definition) is 8. The summed E-state index contributed by atoms with van der Waals surface area (Å²) in [6, 6.07) is 146. The van der Waals surface area contributed by atoms with E-state index in [0.29, 0.717) is 0 Å². The van der Waals surface area contributed by atoms with Crippen LogP contribution < -0.4 is 85.8 Å². The highest BCUT2D eigenvalue weighted by Crippen LogP contribution is 2.50. The molecule has 0 aliphatic carbocycles. The second kappa shape index (κ2) is 27.9. The zero-order valence-corrected chi connectivity index (χ0v) is 63.4. The Morgan fingerprint density at radius 1 is 0.205 bits per heavy atom. The molecule has 0 saturated heterocycles. The lowest BCUT2D eigenvalue weighted by Gasteiger charge is -2.33. The van der Waals surface area contributed by atoms with Gasteiger partial charge in [-0.1, -0.05) is 277 Å². The Morgan fingerprint density at radius 2 is 0.453 bits per heavy atom. The van der Waals surface area contributed by atoms with E-state index in [1.54, 1.807) is 0 Å². The number of fused-ring (bicyclic) bond motifs is 17. The quantitative estimate of drug-likeness (QED) is 0.112. The molecule has 5 aromatic heterocycles. The molecule has 16 aromatic carbocycles. The largest absolute Gasteiger partial charge is 0.471 e. The molecule has 0 amide bonds. The van der Waals surface area contributed by atoms with Crippen molar-refractivity contribution in [2.45, 2.75) is 0 Å². The van der Waals surface area contributed by atoms with Crippen molar-refractivity contribution in [3.63, 3.8) is 0 Å². The van der Waals surface area contributed by atoms with Gasteiger partial charge in [-0.3, -0.25) is 0 Å². The van der Waals surface area contributed by atoms with E-state index >= 15 is 0 Å². The predicted molar refractivity (Wildman–Crippen MR) is 488 cm³/mol. The lowest BCUT2D eigenvalue weighted by atomic mass is 9.24. The Balaban J connectivity index is 0.000000138. The second-order valence-corrected chi connectivity index (χ2v) is 30.4. The fraction of sp³-hybridized carbons (Fsp3) is 0. The van der Waals surface area contributed by atoms with Gasteiger partial charge >= 0.3 is 0 Å². The molecule has 0 fully saturated rings. The third-order valence-corrected chi connectivity index (χ3v) is 23.9. The second-order valence-electron chi connectivity index (χ2n) is 30.4. The van der Waals surface area contributed by atoms with Gasteiger partial charge in [-0.2, -0.15) is 0 Å². The summed E-state index contributed by atoms with van der Waals surface area (Å²) < 4.78 is 36.8. The van der Waals surface area contributed by atoms with E-state index in [1.165, 1.54) is 21.8 Å². The molecular weight excluding hydrogens is 1430 g/mol. The third-order valence-electron chi connectivity index (χ3n) is 23.9. The zero-order chi connectivity index (χ0) is 77.0. The van der Waals surface area contributed by atoms with E-state index in [9.17, 15) is 0 Å². The summed E-state index contributed by atoms with van der Waals surface area (Å²) >= 11 is 0. The van der Waals surface area contributed by atoms with Crippen molar-refractivity contribution >= 4 is 210 Å². The molecule has 3 aliphatic rings. The molecule has 0 N–H and O–H groups in total. The van der Waals surface area contributed by atoms with Gasteiger partial charge in [0.2, 0.25) is 0 Å². The van der Waals surface area contributed by atoms with Crippen LogP contribution in [0, 0.1) is 0 Å². The average molecular weight is 1500 g/mol. The molecule has 0 bridgehead atoms. The first-order valence-corrected chi connectivity index (χ1v) is 40.0. The van der Waals surface area contributed by atoms with E-state index in [1.807, 2.05) is 24.3 Å². The number of aromatic nitrogens is 1. The maximum atomic E-state index is 7.03. The zero-order valence-electron chi connectivity index (χ0n) is 63.4. The normalized spacial score (nSPS) is 12.6. The van der Waals surface area contributed by atoms with Crippen molar-refractivity contribution in [3.8, 4) is 17.2 Å². The monoisotopic (exact) mass is 1500 g/mol. The van der Waals surface area contributed by atoms with E-state index in [0.717, 1.165) is 179 Å². The molecule has 13 heteroatoms. The average Bonchev–Trinajstić information content (AvgIpc) is 1.56. The van der Waals surface area contributed by atoms with Crippen molar-refractivity contribution in [1.29, 1.82) is 0 Å². The van der Waals surface area contributed by atoms with Crippen LogP contribution in [0.15, 0.2) is 430 Å². The lowest BCUT2D eigenvalue weighted by Crippen LogP contribution is -2.73. The Morgan fingerprint density at radius 3 is 0.778 bits per heavy atom. The van der Waals surface area contributed by atoms with E-state index < -0.39 is 0 Å². The van der Waals surface area contributed by atoms with Crippen LogP contribution in [0.5, 0.6) is 11.5 Å². The first-order chi connectivity index (χ1) is 58.1. The molecule has 117 heavy (non-hydrogen) atoms. The Hall–Kier alpha value is -15.1. The van der Waals surface area contributed by atoms with Crippen molar-refractivity contribution in [1.82, 2.24) is 4.57 Å². The highest BCUT2D eigenvalue weighted by Gasteiger charge is 2.49. The van der Waals surface area contributed by atoms with E-state index in [2.05, 4.69) is 408 Å². The number of nitrogens with zero attached hydrogens (tertiary/aromatic N) is 4. The van der Waals surface area contributed by atoms with Gasteiger partial charge in [-0.25, -0.2) is 0 Å². The van der Waals surface area contributed by atoms with Gasteiger partial charge < -0.3 is 41.7 Å². The van der Waals surface area contributed by atoms with E-state index in [4.69, 9.17) is 22.4 Å².